The first-order valence-corrected chi connectivity index (χ1v) is 11.8. The van der Waals surface area contributed by atoms with E-state index in [-0.39, 0.29) is 12.0 Å². The van der Waals surface area contributed by atoms with Gasteiger partial charge in [0.25, 0.3) is 5.91 Å². The number of ether oxygens (including phenoxy) is 1. The Morgan fingerprint density at radius 1 is 1.26 bits per heavy atom. The number of hydrogen-bond acceptors (Lipinski definition) is 7. The van der Waals surface area contributed by atoms with Crippen molar-refractivity contribution in [2.75, 3.05) is 13.1 Å². The largest absolute Gasteiger partial charge is 0.471 e. The molecule has 11 nitrogen and oxygen atoms in total. The normalized spacial score (nSPS) is 17.6. The van der Waals surface area contributed by atoms with Crippen molar-refractivity contribution in [2.45, 2.75) is 52.3 Å². The van der Waals surface area contributed by atoms with E-state index in [0.29, 0.717) is 35.8 Å². The summed E-state index contributed by atoms with van der Waals surface area (Å²) < 4.78 is 12.1. The summed E-state index contributed by atoms with van der Waals surface area (Å²) in [5.74, 6) is 1.17. The van der Waals surface area contributed by atoms with Crippen molar-refractivity contribution >= 4 is 17.1 Å². The molecule has 0 bridgehead atoms. The third kappa shape index (κ3) is 3.25. The van der Waals surface area contributed by atoms with Crippen LogP contribution in [0.15, 0.2) is 18.6 Å². The van der Waals surface area contributed by atoms with Crippen LogP contribution in [-0.4, -0.2) is 69.1 Å². The number of fused-ring (bicyclic) bond motifs is 2. The monoisotopic (exact) mass is 461 g/mol. The molecule has 1 atom stereocenters. The second kappa shape index (κ2) is 7.93. The van der Waals surface area contributed by atoms with E-state index in [1.807, 2.05) is 45.1 Å². The summed E-state index contributed by atoms with van der Waals surface area (Å²) in [6.07, 6.45) is 5.98. The van der Waals surface area contributed by atoms with Crippen LogP contribution in [0.25, 0.3) is 22.6 Å². The van der Waals surface area contributed by atoms with Crippen molar-refractivity contribution in [3.8, 4) is 17.3 Å². The number of aryl methyl sites for hydroxylation is 4. The quantitative estimate of drug-likeness (QED) is 0.447. The van der Waals surface area contributed by atoms with Crippen molar-refractivity contribution < 1.29 is 9.53 Å². The number of amides is 1. The van der Waals surface area contributed by atoms with Gasteiger partial charge in [0, 0.05) is 44.5 Å². The highest BCUT2D eigenvalue weighted by Crippen LogP contribution is 2.30. The van der Waals surface area contributed by atoms with Crippen LogP contribution in [0.1, 0.15) is 41.6 Å². The van der Waals surface area contributed by atoms with Gasteiger partial charge >= 0.3 is 0 Å². The Kier molecular flexibility index (Phi) is 4.85. The second-order valence-electron chi connectivity index (χ2n) is 8.93. The van der Waals surface area contributed by atoms with Gasteiger partial charge in [-0.15, -0.1) is 0 Å². The molecule has 2 aliphatic heterocycles. The van der Waals surface area contributed by atoms with Gasteiger partial charge in [0.1, 0.15) is 18.3 Å². The van der Waals surface area contributed by atoms with E-state index in [0.717, 1.165) is 55.1 Å². The summed E-state index contributed by atoms with van der Waals surface area (Å²) >= 11 is 0. The molecule has 0 radical (unpaired) electrons. The zero-order valence-corrected chi connectivity index (χ0v) is 19.6. The molecule has 176 valence electrons. The predicted molar refractivity (Wildman–Crippen MR) is 123 cm³/mol. The Hall–Kier alpha value is -3.76. The Morgan fingerprint density at radius 3 is 2.94 bits per heavy atom. The molecule has 2 aliphatic rings. The lowest BCUT2D eigenvalue weighted by Crippen LogP contribution is -2.31. The summed E-state index contributed by atoms with van der Waals surface area (Å²) in [5.41, 5.74) is 4.98. The number of likely N-dealkylation sites (tertiary alicyclic amines) is 1. The van der Waals surface area contributed by atoms with E-state index >= 15 is 0 Å². The Labute approximate surface area is 196 Å². The van der Waals surface area contributed by atoms with E-state index in [4.69, 9.17) is 9.72 Å². The first-order chi connectivity index (χ1) is 16.5. The number of carbonyl (C=O) groups excluding carboxylic acids is 1. The average Bonchev–Trinajstić information content (AvgIpc) is 3.63. The van der Waals surface area contributed by atoms with E-state index < -0.39 is 0 Å². The van der Waals surface area contributed by atoms with Gasteiger partial charge in [-0.2, -0.15) is 15.2 Å². The highest BCUT2D eigenvalue weighted by Gasteiger charge is 2.31. The highest BCUT2D eigenvalue weighted by molar-refractivity contribution is 5.92. The van der Waals surface area contributed by atoms with Crippen molar-refractivity contribution in [3.63, 3.8) is 0 Å². The summed E-state index contributed by atoms with van der Waals surface area (Å²) in [5, 5.41) is 8.93. The van der Waals surface area contributed by atoms with Crippen LogP contribution in [0.2, 0.25) is 0 Å². The van der Waals surface area contributed by atoms with E-state index in [1.54, 1.807) is 0 Å². The fourth-order valence-electron chi connectivity index (χ4n) is 4.98. The molecule has 0 unspecified atom stereocenters. The molecule has 0 N–H and O–H groups in total. The molecule has 0 aliphatic carbocycles. The van der Waals surface area contributed by atoms with Crippen LogP contribution >= 0.6 is 0 Å². The van der Waals surface area contributed by atoms with Crippen molar-refractivity contribution in [1.82, 2.24) is 44.0 Å². The van der Waals surface area contributed by atoms with Crippen LogP contribution in [0, 0.1) is 6.92 Å². The first kappa shape index (κ1) is 20.8. The minimum absolute atomic E-state index is 0.0376. The maximum Gasteiger partial charge on any atom is 0.274 e. The number of carbonyl (C=O) groups is 1. The fourth-order valence-corrected chi connectivity index (χ4v) is 4.98. The van der Waals surface area contributed by atoms with Crippen LogP contribution in [0.3, 0.4) is 0 Å². The van der Waals surface area contributed by atoms with Crippen molar-refractivity contribution in [2.24, 2.45) is 7.05 Å². The predicted octanol–water partition coefficient (Wildman–Crippen LogP) is 1.99. The van der Waals surface area contributed by atoms with E-state index in [1.165, 1.54) is 6.33 Å². The lowest BCUT2D eigenvalue weighted by molar-refractivity contribution is 0.0765. The van der Waals surface area contributed by atoms with Gasteiger partial charge in [0.15, 0.2) is 16.9 Å². The average molecular weight is 462 g/mol. The van der Waals surface area contributed by atoms with Gasteiger partial charge in [0.2, 0.25) is 5.88 Å². The Morgan fingerprint density at radius 2 is 2.15 bits per heavy atom. The summed E-state index contributed by atoms with van der Waals surface area (Å²) in [7, 11) is 1.93. The lowest BCUT2D eigenvalue weighted by atomic mass is 10.2. The Balaban J connectivity index is 1.23. The molecule has 4 aromatic rings. The highest BCUT2D eigenvalue weighted by atomic mass is 16.5. The van der Waals surface area contributed by atoms with Gasteiger partial charge in [-0.25, -0.2) is 9.97 Å². The maximum absolute atomic E-state index is 13.0. The SMILES string of the molecule is CCn1ncc(-c2nc3c(O[C@H]4CCN(C(=O)c5cc6n(n5)CCC6)C4)ncnc3n2C)c1C. The van der Waals surface area contributed by atoms with Gasteiger partial charge < -0.3 is 14.2 Å². The number of nitrogens with zero attached hydrogens (tertiary/aromatic N) is 9. The van der Waals surface area contributed by atoms with Gasteiger partial charge in [-0.05, 0) is 32.8 Å². The standard InChI is InChI=1S/C23H27N9O2/c1-4-31-14(2)17(11-26-31)20-27-19-21(29(20)3)24-13-25-22(19)34-16-7-9-30(12-16)23(33)18-10-15-6-5-8-32(15)28-18/h10-11,13,16H,4-9,12H2,1-3H3/t16-/m0/s1. The molecule has 11 heteroatoms. The second-order valence-corrected chi connectivity index (χ2v) is 8.93. The lowest BCUT2D eigenvalue weighted by Gasteiger charge is -2.16. The molecule has 0 spiro atoms. The molecule has 1 fully saturated rings. The minimum Gasteiger partial charge on any atom is -0.471 e. The molecule has 4 aromatic heterocycles. The summed E-state index contributed by atoms with van der Waals surface area (Å²) in [4.78, 5) is 28.4. The molecular weight excluding hydrogens is 434 g/mol. The van der Waals surface area contributed by atoms with Crippen LogP contribution in [0.5, 0.6) is 5.88 Å². The number of hydrogen-bond donors (Lipinski definition) is 0. The van der Waals surface area contributed by atoms with Gasteiger partial charge in [0.05, 0.1) is 18.3 Å². The molecule has 34 heavy (non-hydrogen) atoms. The number of rotatable bonds is 5. The third-order valence-electron chi connectivity index (χ3n) is 6.86. The van der Waals surface area contributed by atoms with Crippen LogP contribution in [-0.2, 0) is 26.6 Å². The summed E-state index contributed by atoms with van der Waals surface area (Å²) in [6.45, 7) is 6.90. The number of aromatic nitrogens is 8. The molecule has 1 amide bonds. The maximum atomic E-state index is 13.0. The topological polar surface area (TPSA) is 109 Å². The zero-order chi connectivity index (χ0) is 23.4. The molecule has 0 saturated carbocycles. The van der Waals surface area contributed by atoms with Crippen LogP contribution < -0.4 is 4.74 Å². The molecule has 6 heterocycles. The summed E-state index contributed by atoms with van der Waals surface area (Å²) in [6, 6.07) is 1.93. The molecule has 6 rings (SSSR count). The van der Waals surface area contributed by atoms with Crippen molar-refractivity contribution in [3.05, 3.63) is 35.7 Å². The molecule has 1 saturated heterocycles. The van der Waals surface area contributed by atoms with E-state index in [9.17, 15) is 4.79 Å². The Bertz CT molecular complexity index is 1380. The van der Waals surface area contributed by atoms with Crippen LogP contribution in [0.4, 0.5) is 0 Å². The fraction of sp³-hybridized carbons (Fsp3) is 0.478. The zero-order valence-electron chi connectivity index (χ0n) is 19.6. The van der Waals surface area contributed by atoms with Gasteiger partial charge in [-0.1, -0.05) is 0 Å². The minimum atomic E-state index is -0.161. The van der Waals surface area contributed by atoms with Crippen molar-refractivity contribution in [1.29, 1.82) is 0 Å². The smallest absolute Gasteiger partial charge is 0.274 e. The van der Waals surface area contributed by atoms with Gasteiger partial charge in [-0.3, -0.25) is 14.2 Å². The van der Waals surface area contributed by atoms with E-state index in [2.05, 4.69) is 27.1 Å². The number of imidazole rings is 1. The first-order valence-electron chi connectivity index (χ1n) is 11.8. The molecule has 0 aromatic carbocycles. The third-order valence-corrected chi connectivity index (χ3v) is 6.86. The molecular formula is C23H27N9O2.